The summed E-state index contributed by atoms with van der Waals surface area (Å²) in [7, 11) is 1.88. The van der Waals surface area contributed by atoms with E-state index in [0.717, 1.165) is 22.8 Å². The number of rotatable bonds is 4. The van der Waals surface area contributed by atoms with Crippen molar-refractivity contribution in [1.29, 1.82) is 0 Å². The van der Waals surface area contributed by atoms with Crippen LogP contribution in [0.5, 0.6) is 0 Å². The van der Waals surface area contributed by atoms with Gasteiger partial charge in [0, 0.05) is 17.7 Å². The number of aromatic nitrogens is 2. The van der Waals surface area contributed by atoms with Gasteiger partial charge in [-0.05, 0) is 34.8 Å². The predicted molar refractivity (Wildman–Crippen MR) is 78.9 cm³/mol. The van der Waals surface area contributed by atoms with Crippen LogP contribution in [-0.2, 0) is 0 Å². The van der Waals surface area contributed by atoms with Gasteiger partial charge in [0.1, 0.15) is 0 Å². The Morgan fingerprint density at radius 3 is 2.90 bits per heavy atom. The molecule has 20 heavy (non-hydrogen) atoms. The van der Waals surface area contributed by atoms with Crippen molar-refractivity contribution in [3.8, 4) is 0 Å². The lowest BCUT2D eigenvalue weighted by molar-refractivity contribution is 0.1000. The number of carbonyl (C=O) groups is 1. The van der Waals surface area contributed by atoms with Crippen LogP contribution in [-0.4, -0.2) is 39.8 Å². The second-order valence-corrected chi connectivity index (χ2v) is 6.12. The van der Waals surface area contributed by atoms with Crippen LogP contribution in [0, 0.1) is 0 Å². The molecule has 3 N–H and O–H groups in total. The Labute approximate surface area is 124 Å². The van der Waals surface area contributed by atoms with Crippen LogP contribution in [0.25, 0.3) is 5.52 Å². The lowest BCUT2D eigenvalue weighted by Gasteiger charge is -2.30. The summed E-state index contributed by atoms with van der Waals surface area (Å²) < 4.78 is 2.56. The first-order valence-corrected chi connectivity index (χ1v) is 7.09. The van der Waals surface area contributed by atoms with Gasteiger partial charge in [0.05, 0.1) is 35.1 Å². The quantitative estimate of drug-likeness (QED) is 0.876. The Kier molecular flexibility index (Phi) is 2.98. The molecule has 1 aliphatic carbocycles. The first-order chi connectivity index (χ1) is 9.48. The average molecular weight is 339 g/mol. The Morgan fingerprint density at radius 2 is 2.35 bits per heavy atom. The molecule has 0 unspecified atom stereocenters. The van der Waals surface area contributed by atoms with E-state index in [1.165, 1.54) is 6.20 Å². The van der Waals surface area contributed by atoms with Crippen molar-refractivity contribution in [3.63, 3.8) is 0 Å². The second kappa shape index (κ2) is 4.46. The van der Waals surface area contributed by atoms with Gasteiger partial charge in [-0.2, -0.15) is 5.10 Å². The van der Waals surface area contributed by atoms with E-state index >= 15 is 0 Å². The Hall–Kier alpha value is -1.60. The van der Waals surface area contributed by atoms with Crippen molar-refractivity contribution >= 4 is 33.0 Å². The van der Waals surface area contributed by atoms with E-state index in [-0.39, 0.29) is 12.1 Å². The van der Waals surface area contributed by atoms with Gasteiger partial charge < -0.3 is 15.7 Å². The summed E-state index contributed by atoms with van der Waals surface area (Å²) >= 11 is 3.41. The molecule has 1 aliphatic rings. The van der Waals surface area contributed by atoms with Crippen molar-refractivity contribution in [2.24, 2.45) is 5.73 Å². The molecule has 0 atom stereocenters. The Morgan fingerprint density at radius 1 is 1.65 bits per heavy atom. The Balaban J connectivity index is 2.24. The van der Waals surface area contributed by atoms with Crippen molar-refractivity contribution in [1.82, 2.24) is 9.61 Å². The normalized spacial score (nSPS) is 16.4. The van der Waals surface area contributed by atoms with E-state index in [2.05, 4.69) is 21.0 Å². The van der Waals surface area contributed by atoms with Crippen LogP contribution in [0.15, 0.2) is 22.9 Å². The fraction of sp³-hybridized carbons (Fsp3) is 0.385. The van der Waals surface area contributed by atoms with Gasteiger partial charge in [0.15, 0.2) is 0 Å². The van der Waals surface area contributed by atoms with Crippen molar-refractivity contribution in [3.05, 3.63) is 28.5 Å². The van der Waals surface area contributed by atoms with Gasteiger partial charge in [-0.15, -0.1) is 0 Å². The monoisotopic (exact) mass is 338 g/mol. The number of aliphatic hydroxyl groups is 1. The van der Waals surface area contributed by atoms with E-state index < -0.39 is 5.91 Å². The lowest BCUT2D eigenvalue weighted by Crippen LogP contribution is -2.38. The molecule has 7 heteroatoms. The van der Waals surface area contributed by atoms with Crippen LogP contribution in [0.4, 0.5) is 5.69 Å². The van der Waals surface area contributed by atoms with Crippen LogP contribution in [0.3, 0.4) is 0 Å². The number of carbonyl (C=O) groups excluding carboxylic acids is 1. The number of likely N-dealkylation sites (N-methyl/N-ethyl adjacent to an activating group) is 1. The fourth-order valence-corrected chi connectivity index (χ4v) is 2.94. The highest BCUT2D eigenvalue weighted by atomic mass is 79.9. The molecule has 2 aromatic rings. The second-order valence-electron chi connectivity index (χ2n) is 5.20. The number of nitrogens with two attached hydrogens (primary N) is 1. The zero-order valence-electron chi connectivity index (χ0n) is 11.0. The zero-order chi connectivity index (χ0) is 14.5. The molecule has 0 spiro atoms. The summed E-state index contributed by atoms with van der Waals surface area (Å²) in [4.78, 5) is 13.6. The molecule has 0 radical (unpaired) electrons. The number of aliphatic hydroxyl groups excluding tert-OH is 1. The number of fused-ring (bicyclic) bond motifs is 1. The summed E-state index contributed by atoms with van der Waals surface area (Å²) in [6.07, 6.45) is 5.08. The zero-order valence-corrected chi connectivity index (χ0v) is 12.6. The summed E-state index contributed by atoms with van der Waals surface area (Å²) in [5.74, 6) is -0.520. The van der Waals surface area contributed by atoms with Gasteiger partial charge in [-0.1, -0.05) is 0 Å². The van der Waals surface area contributed by atoms with Gasteiger partial charge in [0.2, 0.25) is 0 Å². The summed E-state index contributed by atoms with van der Waals surface area (Å²) in [6.45, 7) is 0.0536. The van der Waals surface area contributed by atoms with E-state index in [4.69, 9.17) is 5.73 Å². The minimum Gasteiger partial charge on any atom is -0.394 e. The highest BCUT2D eigenvalue weighted by Gasteiger charge is 2.47. The number of anilines is 1. The summed E-state index contributed by atoms with van der Waals surface area (Å²) in [5.41, 5.74) is 7.04. The van der Waals surface area contributed by atoms with Crippen LogP contribution in [0.1, 0.15) is 23.2 Å². The number of hydrogen-bond donors (Lipinski definition) is 2. The smallest absolute Gasteiger partial charge is 0.252 e. The summed E-state index contributed by atoms with van der Waals surface area (Å²) in [5, 5.41) is 13.8. The highest BCUT2D eigenvalue weighted by molar-refractivity contribution is 9.10. The molecule has 2 aromatic heterocycles. The third-order valence-electron chi connectivity index (χ3n) is 4.01. The fourth-order valence-electron chi connectivity index (χ4n) is 2.53. The topological polar surface area (TPSA) is 83.9 Å². The number of primary amides is 1. The van der Waals surface area contributed by atoms with Gasteiger partial charge in [-0.3, -0.25) is 4.79 Å². The Bertz CT molecular complexity index is 693. The molecule has 0 aliphatic heterocycles. The van der Waals surface area contributed by atoms with Gasteiger partial charge in [-0.25, -0.2) is 4.52 Å². The minimum atomic E-state index is -0.520. The van der Waals surface area contributed by atoms with Gasteiger partial charge in [0.25, 0.3) is 5.91 Å². The number of amides is 1. The molecular weight excluding hydrogens is 324 g/mol. The van der Waals surface area contributed by atoms with Crippen molar-refractivity contribution in [2.75, 3.05) is 18.6 Å². The summed E-state index contributed by atoms with van der Waals surface area (Å²) in [6, 6.07) is 1.89. The molecule has 1 amide bonds. The number of nitrogens with zero attached hydrogens (tertiary/aromatic N) is 3. The predicted octanol–water partition coefficient (Wildman–Crippen LogP) is 1.16. The molecule has 0 aromatic carbocycles. The van der Waals surface area contributed by atoms with E-state index in [1.54, 1.807) is 4.52 Å². The molecule has 0 bridgehead atoms. The molecule has 1 saturated carbocycles. The molecule has 1 fully saturated rings. The SMILES string of the molecule is CN(c1c(C(N)=O)cnn2cc(Br)cc12)C1(CO)CC1. The molecule has 0 saturated heterocycles. The maximum absolute atomic E-state index is 11.7. The molecule has 2 heterocycles. The van der Waals surface area contributed by atoms with Crippen molar-refractivity contribution < 1.29 is 9.90 Å². The molecular formula is C13H15BrN4O2. The van der Waals surface area contributed by atoms with E-state index in [1.807, 2.05) is 24.2 Å². The maximum Gasteiger partial charge on any atom is 0.252 e. The number of halogens is 1. The molecule has 3 rings (SSSR count). The molecule has 106 valence electrons. The lowest BCUT2D eigenvalue weighted by atomic mass is 10.1. The van der Waals surface area contributed by atoms with Crippen LogP contribution < -0.4 is 10.6 Å². The standard InChI is InChI=1S/C13H15BrN4O2/c1-17(13(7-19)2-3-13)11-9(12(15)20)5-16-18-6-8(14)4-10(11)18/h4-6,19H,2-3,7H2,1H3,(H2,15,20). The van der Waals surface area contributed by atoms with Gasteiger partial charge >= 0.3 is 0 Å². The third kappa shape index (κ3) is 1.89. The highest BCUT2D eigenvalue weighted by Crippen LogP contribution is 2.45. The minimum absolute atomic E-state index is 0.0536. The average Bonchev–Trinajstić information content (AvgIpc) is 3.12. The van der Waals surface area contributed by atoms with E-state index in [0.29, 0.717) is 11.3 Å². The first-order valence-electron chi connectivity index (χ1n) is 6.30. The van der Waals surface area contributed by atoms with E-state index in [9.17, 15) is 9.90 Å². The molecule has 6 nitrogen and oxygen atoms in total. The van der Waals surface area contributed by atoms with Crippen LogP contribution in [0.2, 0.25) is 0 Å². The first kappa shape index (κ1) is 13.4. The largest absolute Gasteiger partial charge is 0.394 e. The van der Waals surface area contributed by atoms with Crippen LogP contribution >= 0.6 is 15.9 Å². The number of hydrogen-bond acceptors (Lipinski definition) is 4. The third-order valence-corrected chi connectivity index (χ3v) is 4.44. The van der Waals surface area contributed by atoms with Crippen molar-refractivity contribution in [2.45, 2.75) is 18.4 Å². The maximum atomic E-state index is 11.7.